The predicted octanol–water partition coefficient (Wildman–Crippen LogP) is 5.43. The van der Waals surface area contributed by atoms with Crippen molar-refractivity contribution in [3.05, 3.63) is 59.9 Å². The maximum absolute atomic E-state index is 13.8. The molecule has 242 valence electrons. The van der Waals surface area contributed by atoms with Crippen molar-refractivity contribution in [2.24, 2.45) is 0 Å². The van der Waals surface area contributed by atoms with Gasteiger partial charge in [-0.25, -0.2) is 9.78 Å². The number of piperidine rings is 1. The van der Waals surface area contributed by atoms with E-state index < -0.39 is 17.7 Å². The number of nitrogens with zero attached hydrogens (tertiary/aromatic N) is 4. The molecule has 2 unspecified atom stereocenters. The van der Waals surface area contributed by atoms with Gasteiger partial charge in [0.05, 0.1) is 11.0 Å². The van der Waals surface area contributed by atoms with Crippen LogP contribution < -0.4 is 10.2 Å². The van der Waals surface area contributed by atoms with E-state index in [2.05, 4.69) is 16.0 Å². The van der Waals surface area contributed by atoms with Crippen LogP contribution in [0.3, 0.4) is 0 Å². The second kappa shape index (κ2) is 14.5. The van der Waals surface area contributed by atoms with Crippen LogP contribution in [0.15, 0.2) is 48.5 Å². The minimum Gasteiger partial charge on any atom is -0.444 e. The van der Waals surface area contributed by atoms with Crippen molar-refractivity contribution in [1.82, 2.24) is 19.8 Å². The summed E-state index contributed by atoms with van der Waals surface area (Å²) in [6, 6.07) is 15.6. The summed E-state index contributed by atoms with van der Waals surface area (Å²) in [5, 5.41) is 2.97. The Morgan fingerprint density at radius 2 is 1.84 bits per heavy atom. The zero-order valence-electron chi connectivity index (χ0n) is 27.1. The van der Waals surface area contributed by atoms with Gasteiger partial charge in [0.1, 0.15) is 11.4 Å². The fourth-order valence-corrected chi connectivity index (χ4v) is 6.43. The summed E-state index contributed by atoms with van der Waals surface area (Å²) in [6.07, 6.45) is 4.26. The molecule has 2 saturated heterocycles. The third kappa shape index (κ3) is 8.42. The van der Waals surface area contributed by atoms with Crippen molar-refractivity contribution < 1.29 is 23.9 Å². The van der Waals surface area contributed by atoms with E-state index in [0.717, 1.165) is 66.9 Å². The molecule has 2 aliphatic rings. The Balaban J connectivity index is 1.29. The molecule has 3 aromatic rings. The van der Waals surface area contributed by atoms with E-state index >= 15 is 0 Å². The molecular formula is C35H47N5O5. The number of anilines is 1. The number of amides is 3. The number of methoxy groups -OCH3 is 1. The molecule has 2 fully saturated rings. The van der Waals surface area contributed by atoms with E-state index in [-0.39, 0.29) is 24.2 Å². The molecule has 1 N–H and O–H groups in total. The molecular weight excluding hydrogens is 570 g/mol. The fourth-order valence-electron chi connectivity index (χ4n) is 6.43. The van der Waals surface area contributed by atoms with Crippen molar-refractivity contribution in [2.45, 2.75) is 89.8 Å². The summed E-state index contributed by atoms with van der Waals surface area (Å²) in [4.78, 5) is 47.6. The molecule has 5 rings (SSSR count). The maximum Gasteiger partial charge on any atom is 0.407 e. The van der Waals surface area contributed by atoms with Crippen molar-refractivity contribution in [3.63, 3.8) is 0 Å². The number of para-hydroxylation sites is 2. The quantitative estimate of drug-likeness (QED) is 0.288. The summed E-state index contributed by atoms with van der Waals surface area (Å²) in [5.41, 5.74) is 3.27. The average molecular weight is 618 g/mol. The lowest BCUT2D eigenvalue weighted by molar-refractivity contribution is -0.133. The van der Waals surface area contributed by atoms with Gasteiger partial charge >= 0.3 is 6.09 Å². The number of likely N-dealkylation sites (tertiary alicyclic amines) is 1. The van der Waals surface area contributed by atoms with E-state index in [0.29, 0.717) is 32.5 Å². The minimum atomic E-state index is -0.655. The average Bonchev–Trinajstić information content (AvgIpc) is 3.60. The molecule has 10 heteroatoms. The van der Waals surface area contributed by atoms with E-state index in [1.807, 2.05) is 73.0 Å². The number of benzene rings is 2. The third-order valence-electron chi connectivity index (χ3n) is 8.50. The van der Waals surface area contributed by atoms with Crippen LogP contribution in [0.2, 0.25) is 0 Å². The predicted molar refractivity (Wildman–Crippen MR) is 174 cm³/mol. The SMILES string of the molecule is COCCCn1c(C2CCCN(C(=O)CC(Cc3ccc(N4CCCC4=O)cc3)NC(=O)OC(C)(C)C)C2)nc2ccccc21. The van der Waals surface area contributed by atoms with Crippen LogP contribution in [0.5, 0.6) is 0 Å². The highest BCUT2D eigenvalue weighted by Gasteiger charge is 2.31. The number of ether oxygens (including phenoxy) is 2. The molecule has 2 aromatic carbocycles. The van der Waals surface area contributed by atoms with Gasteiger partial charge < -0.3 is 29.2 Å². The second-order valence-corrected chi connectivity index (χ2v) is 13.2. The van der Waals surface area contributed by atoms with Crippen LogP contribution >= 0.6 is 0 Å². The monoisotopic (exact) mass is 617 g/mol. The normalized spacial score (nSPS) is 18.0. The molecule has 3 heterocycles. The number of carbonyl (C=O) groups excluding carboxylic acids is 3. The number of hydrogen-bond donors (Lipinski definition) is 1. The Hall–Kier alpha value is -3.92. The standard InChI is InChI=1S/C35H47N5O5/c1-35(2,3)45-34(43)36-27(22-25-14-16-28(17-15-25)39-19-8-13-31(39)41)23-32(42)38-18-7-10-26(24-38)33-37-29-11-5-6-12-30(29)40(33)20-9-21-44-4/h5-6,11-12,14-17,26-27H,7-10,13,18-24H2,1-4H3,(H,36,43). The Morgan fingerprint density at radius 3 is 2.56 bits per heavy atom. The van der Waals surface area contributed by atoms with Crippen molar-refractivity contribution in [1.29, 1.82) is 0 Å². The van der Waals surface area contributed by atoms with Gasteiger partial charge in [0.25, 0.3) is 0 Å². The Labute approximate surface area is 266 Å². The molecule has 0 radical (unpaired) electrons. The smallest absolute Gasteiger partial charge is 0.407 e. The number of aryl methyl sites for hydroxylation is 1. The van der Waals surface area contributed by atoms with Crippen molar-refractivity contribution in [3.8, 4) is 0 Å². The number of aromatic nitrogens is 2. The molecule has 2 atom stereocenters. The van der Waals surface area contributed by atoms with Crippen LogP contribution in [0.1, 0.15) is 76.6 Å². The number of fused-ring (bicyclic) bond motifs is 1. The zero-order valence-corrected chi connectivity index (χ0v) is 27.1. The van der Waals surface area contributed by atoms with Crippen LogP contribution in [0.4, 0.5) is 10.5 Å². The van der Waals surface area contributed by atoms with Gasteiger partial charge in [-0.3, -0.25) is 9.59 Å². The van der Waals surface area contributed by atoms with Crippen LogP contribution in [0.25, 0.3) is 11.0 Å². The Kier molecular flexibility index (Phi) is 10.4. The van der Waals surface area contributed by atoms with E-state index in [9.17, 15) is 14.4 Å². The Bertz CT molecular complexity index is 1480. The van der Waals surface area contributed by atoms with E-state index in [1.165, 1.54) is 0 Å². The van der Waals surface area contributed by atoms with Crippen molar-refractivity contribution in [2.75, 3.05) is 38.3 Å². The summed E-state index contributed by atoms with van der Waals surface area (Å²) < 4.78 is 13.2. The van der Waals surface area contributed by atoms with Crippen molar-refractivity contribution >= 4 is 34.6 Å². The lowest BCUT2D eigenvalue weighted by Crippen LogP contribution is -2.46. The van der Waals surface area contributed by atoms with E-state index in [1.54, 1.807) is 7.11 Å². The summed E-state index contributed by atoms with van der Waals surface area (Å²) >= 11 is 0. The fraction of sp³-hybridized carbons (Fsp3) is 0.543. The van der Waals surface area contributed by atoms with Gasteiger partial charge in [-0.05, 0) is 82.7 Å². The molecule has 0 bridgehead atoms. The van der Waals surface area contributed by atoms with Crippen LogP contribution in [0, 0.1) is 0 Å². The van der Waals surface area contributed by atoms with Gasteiger partial charge in [0.2, 0.25) is 11.8 Å². The lowest BCUT2D eigenvalue weighted by atomic mass is 9.95. The first-order chi connectivity index (χ1) is 21.6. The lowest BCUT2D eigenvalue weighted by Gasteiger charge is -2.34. The Morgan fingerprint density at radius 1 is 1.07 bits per heavy atom. The molecule has 10 nitrogen and oxygen atoms in total. The number of rotatable bonds is 11. The largest absolute Gasteiger partial charge is 0.444 e. The number of nitrogens with one attached hydrogen (secondary N) is 1. The molecule has 0 aliphatic carbocycles. The number of carbonyl (C=O) groups is 3. The first-order valence-corrected chi connectivity index (χ1v) is 16.2. The highest BCUT2D eigenvalue weighted by atomic mass is 16.6. The first kappa shape index (κ1) is 32.5. The molecule has 2 aliphatic heterocycles. The first-order valence-electron chi connectivity index (χ1n) is 16.2. The van der Waals surface area contributed by atoms with Gasteiger partial charge in [0, 0.05) is 70.4 Å². The summed E-state index contributed by atoms with van der Waals surface area (Å²) in [5.74, 6) is 1.28. The number of imidazole rings is 1. The summed E-state index contributed by atoms with van der Waals surface area (Å²) in [6.45, 7) is 8.94. The third-order valence-corrected chi connectivity index (χ3v) is 8.50. The van der Waals surface area contributed by atoms with Crippen LogP contribution in [-0.4, -0.2) is 77.4 Å². The molecule has 1 aromatic heterocycles. The highest BCUT2D eigenvalue weighted by Crippen LogP contribution is 2.30. The van der Waals surface area contributed by atoms with E-state index in [4.69, 9.17) is 14.5 Å². The molecule has 3 amide bonds. The summed E-state index contributed by atoms with van der Waals surface area (Å²) in [7, 11) is 1.72. The van der Waals surface area contributed by atoms with Gasteiger partial charge in [-0.15, -0.1) is 0 Å². The molecule has 0 spiro atoms. The second-order valence-electron chi connectivity index (χ2n) is 13.2. The van der Waals surface area contributed by atoms with Crippen LogP contribution in [-0.2, 0) is 32.0 Å². The zero-order chi connectivity index (χ0) is 32.0. The molecule has 45 heavy (non-hydrogen) atoms. The maximum atomic E-state index is 13.8. The minimum absolute atomic E-state index is 0.00193. The van der Waals surface area contributed by atoms with Gasteiger partial charge in [-0.1, -0.05) is 24.3 Å². The topological polar surface area (TPSA) is 106 Å². The number of hydrogen-bond acceptors (Lipinski definition) is 6. The van der Waals surface area contributed by atoms with Gasteiger partial charge in [-0.2, -0.15) is 0 Å². The number of alkyl carbamates (subject to hydrolysis) is 1. The van der Waals surface area contributed by atoms with Gasteiger partial charge in [0.15, 0.2) is 0 Å². The highest BCUT2D eigenvalue weighted by molar-refractivity contribution is 5.95. The molecule has 0 saturated carbocycles.